The molecule has 0 saturated carbocycles. The summed E-state index contributed by atoms with van der Waals surface area (Å²) in [7, 11) is 0. The average Bonchev–Trinajstić information content (AvgIpc) is 2.18. The molecule has 0 aromatic heterocycles. The topological polar surface area (TPSA) is 17.1 Å². The molecule has 0 aromatic carbocycles. The molecule has 0 spiro atoms. The molecular weight excluding hydrogens is 342 g/mol. The van der Waals surface area contributed by atoms with Crippen LogP contribution < -0.4 is 17.2 Å². The van der Waals surface area contributed by atoms with Gasteiger partial charge in [0, 0.05) is 0 Å². The Morgan fingerprint density at radius 1 is 1.78 bits per heavy atom. The van der Waals surface area contributed by atoms with Crippen LogP contribution >= 0.6 is 15.8 Å². The number of hydrogen-bond acceptors (Lipinski definition) is 1. The fraction of sp³-hybridized carbons (Fsp3) is 0.833. The van der Waals surface area contributed by atoms with E-state index in [0.29, 0.717) is 21.0 Å². The number of carbonyl (C=O) groups is 1. The minimum absolute atomic E-state index is 0.437. The van der Waals surface area contributed by atoms with E-state index in [1.807, 2.05) is 0 Å². The van der Waals surface area contributed by atoms with Crippen LogP contribution in [0.2, 0.25) is 0 Å². The van der Waals surface area contributed by atoms with Gasteiger partial charge in [0.15, 0.2) is 0 Å². The molecule has 0 aliphatic carbocycles. The van der Waals surface area contributed by atoms with Crippen LogP contribution in [0.1, 0.15) is 19.8 Å². The molecule has 1 fully saturated rings. The molecule has 56 valence electrons. The first-order chi connectivity index (χ1) is 4.34. The van der Waals surface area contributed by atoms with Crippen molar-refractivity contribution in [3.05, 3.63) is 0 Å². The van der Waals surface area contributed by atoms with Gasteiger partial charge in [-0.25, -0.2) is 0 Å². The minimum atomic E-state index is -0.865. The predicted molar refractivity (Wildman–Crippen MR) is 43.7 cm³/mol. The molecule has 1 nitrogen and oxygen atoms in total. The van der Waals surface area contributed by atoms with Gasteiger partial charge in [0.2, 0.25) is 0 Å². The number of rotatable bonds is 2. The molecule has 0 bridgehead atoms. The summed E-state index contributed by atoms with van der Waals surface area (Å²) in [5, 5.41) is 0. The SMILES string of the molecule is CCCI1[I-]CCC1=O. The van der Waals surface area contributed by atoms with Crippen LogP contribution in [0.25, 0.3) is 0 Å². The molecule has 0 amide bonds. The van der Waals surface area contributed by atoms with Gasteiger partial charge >= 0.3 is 70.3 Å². The summed E-state index contributed by atoms with van der Waals surface area (Å²) in [5.41, 5.74) is 0. The normalized spacial score (nSPS) is 24.1. The molecule has 0 aromatic rings. The van der Waals surface area contributed by atoms with Crippen LogP contribution in [-0.2, 0) is 4.79 Å². The molecule has 0 unspecified atom stereocenters. The van der Waals surface area contributed by atoms with Crippen LogP contribution in [0.15, 0.2) is 0 Å². The number of carbonyl (C=O) groups excluding carboxylic acids is 1. The zero-order valence-electron chi connectivity index (χ0n) is 5.49. The first-order valence-corrected chi connectivity index (χ1v) is 13.5. The van der Waals surface area contributed by atoms with Crippen molar-refractivity contribution in [1.29, 1.82) is 0 Å². The van der Waals surface area contributed by atoms with Crippen molar-refractivity contribution in [2.24, 2.45) is 0 Å². The summed E-state index contributed by atoms with van der Waals surface area (Å²) in [4.78, 5) is 11.1. The van der Waals surface area contributed by atoms with Gasteiger partial charge in [0.05, 0.1) is 0 Å². The van der Waals surface area contributed by atoms with Crippen molar-refractivity contribution in [3.8, 4) is 0 Å². The number of alkyl halides is 2. The Kier molecular flexibility index (Phi) is 3.75. The van der Waals surface area contributed by atoms with Crippen LogP contribution in [0.3, 0.4) is 0 Å². The summed E-state index contributed by atoms with van der Waals surface area (Å²) in [6.07, 6.45) is 2.23. The summed E-state index contributed by atoms with van der Waals surface area (Å²) in [5.74, 6) is 0. The summed E-state index contributed by atoms with van der Waals surface area (Å²) >= 11 is -0.428. The first kappa shape index (κ1) is 8.23. The second-order valence-corrected chi connectivity index (χ2v) is 18.0. The van der Waals surface area contributed by atoms with Crippen molar-refractivity contribution in [2.75, 3.05) is 8.86 Å². The maximum atomic E-state index is 11.1. The molecule has 0 atom stereocenters. The van der Waals surface area contributed by atoms with Crippen LogP contribution in [-0.4, -0.2) is 12.6 Å². The van der Waals surface area contributed by atoms with Gasteiger partial charge in [-0.05, 0) is 0 Å². The first-order valence-electron chi connectivity index (χ1n) is 3.13. The fourth-order valence-electron chi connectivity index (χ4n) is 0.677. The molecule has 1 aliphatic heterocycles. The Bertz CT molecular complexity index is 114. The van der Waals surface area contributed by atoms with E-state index in [0.717, 1.165) is 6.42 Å². The van der Waals surface area contributed by atoms with E-state index in [2.05, 4.69) is 6.92 Å². The molecule has 1 heterocycles. The van der Waals surface area contributed by atoms with Crippen LogP contribution in [0.5, 0.6) is 0 Å². The molecule has 3 heteroatoms. The Morgan fingerprint density at radius 3 is 3.00 bits per heavy atom. The van der Waals surface area contributed by atoms with E-state index in [4.69, 9.17) is 0 Å². The summed E-state index contributed by atoms with van der Waals surface area (Å²) in [6.45, 7) is 2.20. The van der Waals surface area contributed by atoms with Crippen molar-refractivity contribution in [1.82, 2.24) is 0 Å². The monoisotopic (exact) mass is 353 g/mol. The van der Waals surface area contributed by atoms with Gasteiger partial charge in [-0.15, -0.1) is 0 Å². The van der Waals surface area contributed by atoms with Gasteiger partial charge in [0.1, 0.15) is 0 Å². The average molecular weight is 353 g/mol. The Morgan fingerprint density at radius 2 is 2.56 bits per heavy atom. The summed E-state index contributed by atoms with van der Waals surface area (Å²) in [6, 6.07) is 0. The molecular formula is C6H11I2O-. The van der Waals surface area contributed by atoms with Crippen molar-refractivity contribution in [2.45, 2.75) is 19.8 Å². The molecule has 9 heavy (non-hydrogen) atoms. The van der Waals surface area contributed by atoms with E-state index in [1.54, 1.807) is 0 Å². The van der Waals surface area contributed by atoms with Gasteiger partial charge in [-0.1, -0.05) is 0 Å². The van der Waals surface area contributed by atoms with E-state index < -0.39 is 15.8 Å². The van der Waals surface area contributed by atoms with Gasteiger partial charge in [-0.2, -0.15) is 0 Å². The molecule has 0 N–H and O–H groups in total. The zero-order chi connectivity index (χ0) is 6.69. The van der Waals surface area contributed by atoms with E-state index in [9.17, 15) is 4.79 Å². The van der Waals surface area contributed by atoms with Gasteiger partial charge in [0.25, 0.3) is 0 Å². The Balaban J connectivity index is 2.31. The third kappa shape index (κ3) is 2.32. The molecule has 1 saturated heterocycles. The third-order valence-corrected chi connectivity index (χ3v) is 19.8. The fourth-order valence-corrected chi connectivity index (χ4v) is 18.8. The third-order valence-electron chi connectivity index (χ3n) is 1.07. The van der Waals surface area contributed by atoms with E-state index >= 15 is 0 Å². The maximum absolute atomic E-state index is 11.1. The second kappa shape index (κ2) is 4.10. The Labute approximate surface area is 69.7 Å². The standard InChI is InChI=1S/C6H11I2O/c1-2-5-8-6(9)3-4-7-8/h2-5H2,1H3/q-1. The second-order valence-electron chi connectivity index (χ2n) is 1.89. The van der Waals surface area contributed by atoms with Crippen LogP contribution in [0, 0.1) is 0 Å². The molecule has 1 aliphatic rings. The van der Waals surface area contributed by atoms with Gasteiger partial charge < -0.3 is 0 Å². The van der Waals surface area contributed by atoms with E-state index in [-0.39, 0.29) is 0 Å². The van der Waals surface area contributed by atoms with Crippen LogP contribution in [0.4, 0.5) is 0 Å². The number of hydrogen-bond donors (Lipinski definition) is 0. The van der Waals surface area contributed by atoms with E-state index in [1.165, 1.54) is 15.3 Å². The molecule has 1 rings (SSSR count). The van der Waals surface area contributed by atoms with Crippen molar-refractivity contribution in [3.63, 3.8) is 0 Å². The number of halogens is 2. The molecule has 0 radical (unpaired) electrons. The van der Waals surface area contributed by atoms with Crippen molar-refractivity contribution < 1.29 is 22.0 Å². The van der Waals surface area contributed by atoms with Gasteiger partial charge in [-0.3, -0.25) is 0 Å². The van der Waals surface area contributed by atoms with Crippen molar-refractivity contribution >= 4 is 19.6 Å². The predicted octanol–water partition coefficient (Wildman–Crippen LogP) is -1.16. The zero-order valence-corrected chi connectivity index (χ0v) is 9.81. The Hall–Kier alpha value is 1.13. The summed E-state index contributed by atoms with van der Waals surface area (Å²) < 4.78 is 3.37. The quantitative estimate of drug-likeness (QED) is 0.348.